The van der Waals surface area contributed by atoms with Crippen LogP contribution in [0.25, 0.3) is 10.8 Å². The van der Waals surface area contributed by atoms with Gasteiger partial charge in [0.1, 0.15) is 5.75 Å². The number of rotatable bonds is 7. The van der Waals surface area contributed by atoms with E-state index < -0.39 is 0 Å². The lowest BCUT2D eigenvalue weighted by atomic mass is 9.86. The molecule has 3 amide bonds. The van der Waals surface area contributed by atoms with Gasteiger partial charge in [0.15, 0.2) is 0 Å². The summed E-state index contributed by atoms with van der Waals surface area (Å²) in [6.45, 7) is 8.95. The second-order valence-electron chi connectivity index (χ2n) is 10.7. The Morgan fingerprint density at radius 3 is 2.05 bits per heavy atom. The minimum Gasteiger partial charge on any atom is -0.494 e. The predicted molar refractivity (Wildman–Crippen MR) is 154 cm³/mol. The second kappa shape index (κ2) is 10.4. The highest BCUT2D eigenvalue weighted by molar-refractivity contribution is 6.25. The van der Waals surface area contributed by atoms with Gasteiger partial charge in [0.2, 0.25) is 0 Å². The third kappa shape index (κ3) is 5.02. The molecule has 1 heterocycles. The molecule has 5 rings (SSSR count). The Balaban J connectivity index is 1.47. The Bertz CT molecular complexity index is 1520. The molecule has 0 radical (unpaired) electrons. The quantitative estimate of drug-likeness (QED) is 0.262. The second-order valence-corrected chi connectivity index (χ2v) is 10.7. The van der Waals surface area contributed by atoms with E-state index in [0.717, 1.165) is 10.9 Å². The van der Waals surface area contributed by atoms with Gasteiger partial charge < -0.3 is 9.64 Å². The SMILES string of the molecule is CCOc1cccc(N(CCN2C(=O)c3cccc4cccc(c34)C2=O)C(=O)c2ccc(C(C)(C)C)cc2)c1. The van der Waals surface area contributed by atoms with E-state index in [4.69, 9.17) is 4.74 Å². The molecule has 4 aromatic rings. The highest BCUT2D eigenvalue weighted by Gasteiger charge is 2.33. The molecular formula is C33H32N2O4. The van der Waals surface area contributed by atoms with Crippen LogP contribution in [-0.2, 0) is 5.41 Å². The maximum atomic E-state index is 13.9. The van der Waals surface area contributed by atoms with E-state index in [1.807, 2.05) is 73.7 Å². The third-order valence-corrected chi connectivity index (χ3v) is 7.09. The smallest absolute Gasteiger partial charge is 0.261 e. The summed E-state index contributed by atoms with van der Waals surface area (Å²) < 4.78 is 5.68. The van der Waals surface area contributed by atoms with Crippen LogP contribution in [0.1, 0.15) is 64.3 Å². The van der Waals surface area contributed by atoms with E-state index in [1.54, 1.807) is 23.1 Å². The van der Waals surface area contributed by atoms with Crippen LogP contribution in [0.3, 0.4) is 0 Å². The zero-order valence-electron chi connectivity index (χ0n) is 22.7. The maximum Gasteiger partial charge on any atom is 0.261 e. The number of benzene rings is 4. The number of carbonyl (C=O) groups is 3. The number of anilines is 1. The molecule has 0 aromatic heterocycles. The van der Waals surface area contributed by atoms with Crippen LogP contribution in [0.5, 0.6) is 5.75 Å². The van der Waals surface area contributed by atoms with Crippen LogP contribution < -0.4 is 9.64 Å². The van der Waals surface area contributed by atoms with Crippen LogP contribution in [0.15, 0.2) is 84.9 Å². The first-order chi connectivity index (χ1) is 18.7. The van der Waals surface area contributed by atoms with Crippen LogP contribution in [-0.4, -0.2) is 42.3 Å². The van der Waals surface area contributed by atoms with E-state index in [0.29, 0.717) is 40.1 Å². The van der Waals surface area contributed by atoms with Gasteiger partial charge in [-0.15, -0.1) is 0 Å². The van der Waals surface area contributed by atoms with E-state index >= 15 is 0 Å². The molecule has 0 unspecified atom stereocenters. The predicted octanol–water partition coefficient (Wildman–Crippen LogP) is 6.48. The van der Waals surface area contributed by atoms with Crippen molar-refractivity contribution in [3.05, 3.63) is 107 Å². The molecule has 1 aliphatic heterocycles. The van der Waals surface area contributed by atoms with E-state index in [2.05, 4.69) is 20.8 Å². The largest absolute Gasteiger partial charge is 0.494 e. The van der Waals surface area contributed by atoms with Crippen molar-refractivity contribution in [1.29, 1.82) is 0 Å². The molecule has 0 atom stereocenters. The molecule has 6 nitrogen and oxygen atoms in total. The summed E-state index contributed by atoms with van der Waals surface area (Å²) in [7, 11) is 0. The van der Waals surface area contributed by atoms with Crippen molar-refractivity contribution in [1.82, 2.24) is 4.90 Å². The average molecular weight is 521 g/mol. The number of hydrogen-bond acceptors (Lipinski definition) is 4. The molecule has 0 N–H and O–H groups in total. The van der Waals surface area contributed by atoms with Gasteiger partial charge >= 0.3 is 0 Å². The lowest BCUT2D eigenvalue weighted by Gasteiger charge is -2.30. The first-order valence-electron chi connectivity index (χ1n) is 13.2. The van der Waals surface area contributed by atoms with Crippen molar-refractivity contribution < 1.29 is 19.1 Å². The van der Waals surface area contributed by atoms with Gasteiger partial charge in [0, 0.05) is 46.9 Å². The van der Waals surface area contributed by atoms with Crippen LogP contribution in [0.4, 0.5) is 5.69 Å². The monoisotopic (exact) mass is 520 g/mol. The van der Waals surface area contributed by atoms with Gasteiger partial charge in [0.05, 0.1) is 6.61 Å². The fourth-order valence-corrected chi connectivity index (χ4v) is 5.01. The van der Waals surface area contributed by atoms with Crippen molar-refractivity contribution in [2.24, 2.45) is 0 Å². The summed E-state index contributed by atoms with van der Waals surface area (Å²) in [4.78, 5) is 43.6. The van der Waals surface area contributed by atoms with Crippen LogP contribution in [0, 0.1) is 0 Å². The molecule has 198 valence electrons. The van der Waals surface area contributed by atoms with E-state index in [9.17, 15) is 14.4 Å². The minimum absolute atomic E-state index is 0.0405. The number of carbonyl (C=O) groups excluding carboxylic acids is 3. The normalized spacial score (nSPS) is 13.1. The first-order valence-corrected chi connectivity index (χ1v) is 13.2. The van der Waals surface area contributed by atoms with E-state index in [-0.39, 0.29) is 36.2 Å². The Morgan fingerprint density at radius 1 is 0.846 bits per heavy atom. The highest BCUT2D eigenvalue weighted by Crippen LogP contribution is 2.31. The molecule has 1 aliphatic rings. The number of nitrogens with zero attached hydrogens (tertiary/aromatic N) is 2. The molecule has 0 saturated carbocycles. The zero-order chi connectivity index (χ0) is 27.7. The number of hydrogen-bond donors (Lipinski definition) is 0. The number of amides is 3. The summed E-state index contributed by atoms with van der Waals surface area (Å²) in [6, 6.07) is 25.8. The number of ether oxygens (including phenoxy) is 1. The molecule has 0 saturated heterocycles. The molecule has 0 aliphatic carbocycles. The summed E-state index contributed by atoms with van der Waals surface area (Å²) in [5.41, 5.74) is 3.23. The Labute approximate surface area is 228 Å². The van der Waals surface area contributed by atoms with Gasteiger partial charge in [-0.3, -0.25) is 19.3 Å². The summed E-state index contributed by atoms with van der Waals surface area (Å²) in [5.74, 6) is -0.284. The highest BCUT2D eigenvalue weighted by atomic mass is 16.5. The van der Waals surface area contributed by atoms with Gasteiger partial charge in [-0.1, -0.05) is 63.2 Å². The standard InChI is InChI=1S/C33H32N2O4/c1-5-39-26-12-8-11-25(21-26)34(30(36)23-15-17-24(18-16-23)33(2,3)4)19-20-35-31(37)27-13-6-9-22-10-7-14-28(29(22)27)32(35)38/h6-18,21H,5,19-20H2,1-4H3. The lowest BCUT2D eigenvalue weighted by Crippen LogP contribution is -2.46. The summed E-state index contributed by atoms with van der Waals surface area (Å²) in [6.07, 6.45) is 0. The van der Waals surface area contributed by atoms with Crippen LogP contribution >= 0.6 is 0 Å². The topological polar surface area (TPSA) is 66.9 Å². The Kier molecular flexibility index (Phi) is 6.96. The van der Waals surface area contributed by atoms with Crippen molar-refractivity contribution in [3.63, 3.8) is 0 Å². The van der Waals surface area contributed by atoms with Gasteiger partial charge in [-0.25, -0.2) is 0 Å². The van der Waals surface area contributed by atoms with E-state index in [1.165, 1.54) is 4.90 Å². The van der Waals surface area contributed by atoms with Crippen molar-refractivity contribution in [3.8, 4) is 5.75 Å². The molecule has 0 fully saturated rings. The first kappa shape index (κ1) is 26.2. The fraction of sp³-hybridized carbons (Fsp3) is 0.242. The minimum atomic E-state index is -0.353. The summed E-state index contributed by atoms with van der Waals surface area (Å²) in [5, 5.41) is 1.54. The lowest BCUT2D eigenvalue weighted by molar-refractivity contribution is 0.0611. The third-order valence-electron chi connectivity index (χ3n) is 7.09. The van der Waals surface area contributed by atoms with Gasteiger partial charge in [-0.05, 0) is 59.7 Å². The molecule has 39 heavy (non-hydrogen) atoms. The summed E-state index contributed by atoms with van der Waals surface area (Å²) >= 11 is 0. The molecule has 0 bridgehead atoms. The average Bonchev–Trinajstić information content (AvgIpc) is 2.93. The van der Waals surface area contributed by atoms with Crippen LogP contribution in [0.2, 0.25) is 0 Å². The Hall–Kier alpha value is -4.45. The molecular weight excluding hydrogens is 488 g/mol. The molecule has 0 spiro atoms. The maximum absolute atomic E-state index is 13.9. The zero-order valence-corrected chi connectivity index (χ0v) is 22.7. The van der Waals surface area contributed by atoms with Crippen molar-refractivity contribution in [2.45, 2.75) is 33.1 Å². The molecule has 4 aromatic carbocycles. The molecule has 6 heteroatoms. The van der Waals surface area contributed by atoms with Gasteiger partial charge in [-0.2, -0.15) is 0 Å². The fourth-order valence-electron chi connectivity index (χ4n) is 5.01. The van der Waals surface area contributed by atoms with Crippen molar-refractivity contribution >= 4 is 34.2 Å². The number of imide groups is 1. The van der Waals surface area contributed by atoms with Crippen molar-refractivity contribution in [2.75, 3.05) is 24.6 Å². The van der Waals surface area contributed by atoms with Gasteiger partial charge in [0.25, 0.3) is 17.7 Å². The Morgan fingerprint density at radius 2 is 1.46 bits per heavy atom.